The van der Waals surface area contributed by atoms with E-state index in [1.165, 1.54) is 5.56 Å². The van der Waals surface area contributed by atoms with Gasteiger partial charge in [0.2, 0.25) is 0 Å². The summed E-state index contributed by atoms with van der Waals surface area (Å²) in [5.74, 6) is 2.71. The third kappa shape index (κ3) is 7.68. The van der Waals surface area contributed by atoms with Crippen LogP contribution in [0.1, 0.15) is 38.1 Å². The van der Waals surface area contributed by atoms with Gasteiger partial charge in [0.25, 0.3) is 0 Å². The number of guanidine groups is 1. The molecule has 0 aliphatic carbocycles. The lowest BCUT2D eigenvalue weighted by Crippen LogP contribution is -2.41. The fraction of sp³-hybridized carbons (Fsp3) is 0.550. The van der Waals surface area contributed by atoms with Crippen molar-refractivity contribution in [3.05, 3.63) is 42.0 Å². The highest BCUT2D eigenvalue weighted by Crippen LogP contribution is 2.10. The van der Waals surface area contributed by atoms with Crippen LogP contribution in [0.3, 0.4) is 0 Å². The van der Waals surface area contributed by atoms with E-state index in [4.69, 9.17) is 4.74 Å². The lowest BCUT2D eigenvalue weighted by molar-refractivity contribution is 0.322. The number of nitrogens with one attached hydrogen (secondary N) is 2. The number of aromatic nitrogens is 3. The summed E-state index contributed by atoms with van der Waals surface area (Å²) >= 11 is 0. The van der Waals surface area contributed by atoms with E-state index in [9.17, 15) is 0 Å². The van der Waals surface area contributed by atoms with Crippen LogP contribution in [0.5, 0.6) is 5.75 Å². The highest BCUT2D eigenvalue weighted by atomic mass is 16.5. The third-order valence-electron chi connectivity index (χ3n) is 4.12. The highest BCUT2D eigenvalue weighted by molar-refractivity contribution is 5.79. The minimum atomic E-state index is 0.586. The lowest BCUT2D eigenvalue weighted by Gasteiger charge is -2.14. The summed E-state index contributed by atoms with van der Waals surface area (Å²) in [6.45, 7) is 10.00. The molecule has 7 heteroatoms. The lowest BCUT2D eigenvalue weighted by atomic mass is 10.2. The number of hydrogen-bond donors (Lipinski definition) is 2. The molecule has 2 rings (SSSR count). The Morgan fingerprint density at radius 2 is 1.93 bits per heavy atom. The van der Waals surface area contributed by atoms with E-state index in [0.717, 1.165) is 56.4 Å². The Hall–Kier alpha value is -2.57. The summed E-state index contributed by atoms with van der Waals surface area (Å²) in [5.41, 5.74) is 1.23. The minimum Gasteiger partial charge on any atom is -0.492 e. The molecule has 148 valence electrons. The van der Waals surface area contributed by atoms with Crippen LogP contribution < -0.4 is 15.4 Å². The van der Waals surface area contributed by atoms with Gasteiger partial charge < -0.3 is 19.9 Å². The average molecular weight is 373 g/mol. The smallest absolute Gasteiger partial charge is 0.191 e. The Labute approximate surface area is 162 Å². The fourth-order valence-electron chi connectivity index (χ4n) is 2.53. The van der Waals surface area contributed by atoms with Crippen molar-refractivity contribution in [3.8, 4) is 5.75 Å². The maximum atomic E-state index is 5.76. The molecule has 2 N–H and O–H groups in total. The van der Waals surface area contributed by atoms with Crippen molar-refractivity contribution in [3.63, 3.8) is 0 Å². The normalized spacial score (nSPS) is 11.4. The first-order valence-corrected chi connectivity index (χ1v) is 9.81. The Morgan fingerprint density at radius 1 is 1.15 bits per heavy atom. The number of aryl methyl sites for hydroxylation is 2. The zero-order valence-corrected chi connectivity index (χ0v) is 16.7. The van der Waals surface area contributed by atoms with Crippen molar-refractivity contribution in [1.82, 2.24) is 25.4 Å². The monoisotopic (exact) mass is 372 g/mol. The molecule has 0 fully saturated rings. The predicted octanol–water partition coefficient (Wildman–Crippen LogP) is 2.56. The number of aliphatic imine (C=N–C) groups is 1. The van der Waals surface area contributed by atoms with Gasteiger partial charge in [0.15, 0.2) is 5.96 Å². The van der Waals surface area contributed by atoms with E-state index < -0.39 is 0 Å². The van der Waals surface area contributed by atoms with Crippen LogP contribution in [0, 0.1) is 6.92 Å². The van der Waals surface area contributed by atoms with Gasteiger partial charge in [-0.1, -0.05) is 38.0 Å². The van der Waals surface area contributed by atoms with Gasteiger partial charge in [0.1, 0.15) is 24.5 Å². The summed E-state index contributed by atoms with van der Waals surface area (Å²) in [6.07, 6.45) is 4.87. The molecule has 27 heavy (non-hydrogen) atoms. The van der Waals surface area contributed by atoms with E-state index in [1.54, 1.807) is 6.33 Å². The predicted molar refractivity (Wildman–Crippen MR) is 109 cm³/mol. The second kappa shape index (κ2) is 11.9. The van der Waals surface area contributed by atoms with Gasteiger partial charge in [0, 0.05) is 26.1 Å². The Bertz CT molecular complexity index is 680. The molecule has 1 aromatic carbocycles. The molecule has 0 saturated heterocycles. The SMILES string of the molecule is CCCCN=C(NCCOc1ccc(C)cc1)NCCn1cnnc1CC. The van der Waals surface area contributed by atoms with E-state index >= 15 is 0 Å². The van der Waals surface area contributed by atoms with Crippen molar-refractivity contribution in [2.24, 2.45) is 4.99 Å². The first kappa shape index (κ1) is 20.7. The van der Waals surface area contributed by atoms with E-state index in [2.05, 4.69) is 63.3 Å². The molecule has 0 spiro atoms. The van der Waals surface area contributed by atoms with Gasteiger partial charge in [-0.3, -0.25) is 4.99 Å². The van der Waals surface area contributed by atoms with Crippen molar-refractivity contribution in [2.75, 3.05) is 26.2 Å². The molecular weight excluding hydrogens is 340 g/mol. The molecule has 0 bridgehead atoms. The summed E-state index contributed by atoms with van der Waals surface area (Å²) in [7, 11) is 0. The molecule has 0 saturated carbocycles. The quantitative estimate of drug-likeness (QED) is 0.360. The standard InChI is InChI=1S/C20H32N6O/c1-4-6-11-21-20(22-12-14-26-16-24-25-19(26)5-2)23-13-15-27-18-9-7-17(3)8-10-18/h7-10,16H,4-6,11-15H2,1-3H3,(H2,21,22,23). The van der Waals surface area contributed by atoms with Gasteiger partial charge in [-0.05, 0) is 25.5 Å². The van der Waals surface area contributed by atoms with Gasteiger partial charge in [0.05, 0.1) is 6.54 Å². The summed E-state index contributed by atoms with van der Waals surface area (Å²) in [4.78, 5) is 4.63. The molecule has 0 aliphatic heterocycles. The van der Waals surface area contributed by atoms with Gasteiger partial charge in [-0.15, -0.1) is 10.2 Å². The third-order valence-corrected chi connectivity index (χ3v) is 4.12. The van der Waals surface area contributed by atoms with E-state index in [1.807, 2.05) is 12.1 Å². The first-order chi connectivity index (χ1) is 13.2. The van der Waals surface area contributed by atoms with Gasteiger partial charge in [-0.2, -0.15) is 0 Å². The summed E-state index contributed by atoms with van der Waals surface area (Å²) < 4.78 is 7.83. The number of ether oxygens (including phenoxy) is 1. The molecule has 0 aliphatic rings. The number of hydrogen-bond acceptors (Lipinski definition) is 4. The van der Waals surface area contributed by atoms with Crippen LogP contribution >= 0.6 is 0 Å². The number of benzene rings is 1. The summed E-state index contributed by atoms with van der Waals surface area (Å²) in [6, 6.07) is 8.09. The van der Waals surface area contributed by atoms with Crippen LogP contribution in [-0.2, 0) is 13.0 Å². The second-order valence-electron chi connectivity index (χ2n) is 6.39. The number of unbranched alkanes of at least 4 members (excludes halogenated alkanes) is 1. The van der Waals surface area contributed by atoms with Crippen LogP contribution in [-0.4, -0.2) is 47.0 Å². The molecule has 2 aromatic rings. The van der Waals surface area contributed by atoms with Crippen LogP contribution in [0.25, 0.3) is 0 Å². The molecule has 0 atom stereocenters. The maximum Gasteiger partial charge on any atom is 0.191 e. The average Bonchev–Trinajstić information content (AvgIpc) is 3.14. The Kier molecular flexibility index (Phi) is 9.17. The van der Waals surface area contributed by atoms with E-state index in [-0.39, 0.29) is 0 Å². The molecular formula is C20H32N6O. The molecule has 0 amide bonds. The Balaban J connectivity index is 1.75. The van der Waals surface area contributed by atoms with E-state index in [0.29, 0.717) is 13.2 Å². The molecule has 0 unspecified atom stereocenters. The maximum absolute atomic E-state index is 5.76. The number of rotatable bonds is 11. The fourth-order valence-corrected chi connectivity index (χ4v) is 2.53. The zero-order chi connectivity index (χ0) is 19.3. The highest BCUT2D eigenvalue weighted by Gasteiger charge is 2.03. The van der Waals surface area contributed by atoms with Crippen LogP contribution in [0.15, 0.2) is 35.6 Å². The zero-order valence-electron chi connectivity index (χ0n) is 16.7. The van der Waals surface area contributed by atoms with Crippen LogP contribution in [0.4, 0.5) is 0 Å². The molecule has 1 heterocycles. The second-order valence-corrected chi connectivity index (χ2v) is 6.39. The van der Waals surface area contributed by atoms with Gasteiger partial charge >= 0.3 is 0 Å². The number of nitrogens with zero attached hydrogens (tertiary/aromatic N) is 4. The minimum absolute atomic E-state index is 0.586. The molecule has 0 radical (unpaired) electrons. The van der Waals surface area contributed by atoms with Crippen LogP contribution in [0.2, 0.25) is 0 Å². The van der Waals surface area contributed by atoms with Crippen molar-refractivity contribution in [2.45, 2.75) is 46.6 Å². The van der Waals surface area contributed by atoms with Gasteiger partial charge in [-0.25, -0.2) is 0 Å². The summed E-state index contributed by atoms with van der Waals surface area (Å²) in [5, 5.41) is 14.8. The Morgan fingerprint density at radius 3 is 2.67 bits per heavy atom. The van der Waals surface area contributed by atoms with Crippen molar-refractivity contribution >= 4 is 5.96 Å². The molecule has 1 aromatic heterocycles. The van der Waals surface area contributed by atoms with Crippen molar-refractivity contribution < 1.29 is 4.74 Å². The largest absolute Gasteiger partial charge is 0.492 e. The topological polar surface area (TPSA) is 76.4 Å². The first-order valence-electron chi connectivity index (χ1n) is 9.81. The molecule has 7 nitrogen and oxygen atoms in total. The van der Waals surface area contributed by atoms with Crippen molar-refractivity contribution in [1.29, 1.82) is 0 Å².